The molecule has 1 aromatic carbocycles. The van der Waals surface area contributed by atoms with E-state index >= 15 is 0 Å². The van der Waals surface area contributed by atoms with Gasteiger partial charge in [0.15, 0.2) is 5.82 Å². The van der Waals surface area contributed by atoms with Crippen molar-refractivity contribution in [2.24, 2.45) is 12.8 Å². The number of nitrogens with zero attached hydrogens (tertiary/aromatic N) is 2. The number of nitrogens with one attached hydrogen (secondary N) is 1. The lowest BCUT2D eigenvalue weighted by atomic mass is 10.3. The lowest BCUT2D eigenvalue weighted by molar-refractivity contribution is -0.121. The number of aryl methyl sites for hydroxylation is 1. The van der Waals surface area contributed by atoms with E-state index in [1.165, 1.54) is 6.07 Å². The highest BCUT2D eigenvalue weighted by Gasteiger charge is 2.11. The summed E-state index contributed by atoms with van der Waals surface area (Å²) in [5.74, 6) is 0.418. The Morgan fingerprint density at radius 2 is 2.14 bits per heavy atom. The number of benzene rings is 1. The second kappa shape index (κ2) is 9.61. The third-order valence-electron chi connectivity index (χ3n) is 3.23. The molecule has 0 aliphatic heterocycles. The molecule has 0 unspecified atom stereocenters. The van der Waals surface area contributed by atoms with Gasteiger partial charge < -0.3 is 15.6 Å². The molecule has 124 valence electrons. The first kappa shape index (κ1) is 20.6. The molecule has 1 heterocycles. The Morgan fingerprint density at radius 1 is 1.41 bits per heavy atom. The molecule has 8 heteroatoms. The summed E-state index contributed by atoms with van der Waals surface area (Å²) in [6.07, 6.45) is 1.69. The summed E-state index contributed by atoms with van der Waals surface area (Å²) in [7, 11) is 1.85. The molecule has 0 bridgehead atoms. The number of amides is 1. The normalized spacial score (nSPS) is 9.95. The molecule has 0 aliphatic carbocycles. The van der Waals surface area contributed by atoms with E-state index in [0.29, 0.717) is 37.9 Å². The highest BCUT2D eigenvalue weighted by molar-refractivity contribution is 5.85. The third kappa shape index (κ3) is 4.83. The Hall–Kier alpha value is -1.37. The van der Waals surface area contributed by atoms with E-state index in [1.54, 1.807) is 6.07 Å². The number of imidazole rings is 1. The maximum atomic E-state index is 13.6. The zero-order valence-corrected chi connectivity index (χ0v) is 14.0. The predicted octanol–water partition coefficient (Wildman–Crippen LogP) is 1.95. The summed E-state index contributed by atoms with van der Waals surface area (Å²) in [6.45, 7) is 1.000. The van der Waals surface area contributed by atoms with E-state index in [4.69, 9.17) is 5.73 Å². The van der Waals surface area contributed by atoms with Crippen molar-refractivity contribution in [3.8, 4) is 0 Å². The molecule has 0 saturated heterocycles. The van der Waals surface area contributed by atoms with Gasteiger partial charge in [-0.15, -0.1) is 24.8 Å². The second-order valence-electron chi connectivity index (χ2n) is 4.69. The molecular weight excluding hydrogens is 330 g/mol. The number of fused-ring (bicyclic) bond motifs is 1. The molecule has 0 fully saturated rings. The van der Waals surface area contributed by atoms with Crippen LogP contribution < -0.4 is 11.1 Å². The zero-order valence-electron chi connectivity index (χ0n) is 12.3. The largest absolute Gasteiger partial charge is 0.356 e. The molecule has 1 aromatic heterocycles. The Morgan fingerprint density at radius 3 is 2.77 bits per heavy atom. The summed E-state index contributed by atoms with van der Waals surface area (Å²) in [5, 5.41) is 2.81. The van der Waals surface area contributed by atoms with Crippen molar-refractivity contribution >= 4 is 41.8 Å². The molecule has 5 nitrogen and oxygen atoms in total. The van der Waals surface area contributed by atoms with Crippen LogP contribution in [0.1, 0.15) is 18.7 Å². The highest BCUT2D eigenvalue weighted by atomic mass is 35.5. The number of halogens is 3. The van der Waals surface area contributed by atoms with Gasteiger partial charge in [0.25, 0.3) is 0 Å². The summed E-state index contributed by atoms with van der Waals surface area (Å²) >= 11 is 0. The number of rotatable bonds is 6. The average molecular weight is 351 g/mol. The van der Waals surface area contributed by atoms with Crippen molar-refractivity contribution in [3.05, 3.63) is 29.8 Å². The summed E-state index contributed by atoms with van der Waals surface area (Å²) in [5.41, 5.74) is 6.48. The number of hydrogen-bond acceptors (Lipinski definition) is 3. The van der Waals surface area contributed by atoms with E-state index in [0.717, 1.165) is 11.3 Å². The minimum Gasteiger partial charge on any atom is -0.356 e. The molecule has 2 rings (SSSR count). The van der Waals surface area contributed by atoms with Gasteiger partial charge in [0.1, 0.15) is 11.3 Å². The average Bonchev–Trinajstić information content (AvgIpc) is 2.76. The maximum Gasteiger partial charge on any atom is 0.220 e. The van der Waals surface area contributed by atoms with Crippen LogP contribution in [-0.4, -0.2) is 28.5 Å². The molecule has 1 amide bonds. The zero-order chi connectivity index (χ0) is 14.5. The molecule has 0 aliphatic rings. The van der Waals surface area contributed by atoms with E-state index in [9.17, 15) is 9.18 Å². The summed E-state index contributed by atoms with van der Waals surface area (Å²) in [4.78, 5) is 15.7. The number of aromatic nitrogens is 2. The van der Waals surface area contributed by atoms with Crippen molar-refractivity contribution < 1.29 is 9.18 Å². The van der Waals surface area contributed by atoms with Gasteiger partial charge in [0.05, 0.1) is 5.52 Å². The minimum atomic E-state index is -0.323. The monoisotopic (exact) mass is 350 g/mol. The van der Waals surface area contributed by atoms with Crippen LogP contribution in [-0.2, 0) is 18.3 Å². The molecule has 0 saturated carbocycles. The SMILES string of the molecule is Cl.Cl.Cn1c(CCNC(=O)CCCN)nc2c(F)cccc21. The van der Waals surface area contributed by atoms with Gasteiger partial charge in [-0.05, 0) is 25.1 Å². The van der Waals surface area contributed by atoms with Crippen LogP contribution in [0.5, 0.6) is 0 Å². The standard InChI is InChI=1S/C14H19FN4O.2ClH/c1-19-11-5-2-4-10(15)14(11)18-12(19)7-9-17-13(20)6-3-8-16;;/h2,4-5H,3,6-9,16H2,1H3,(H,17,20);2*1H. The van der Waals surface area contributed by atoms with Crippen LogP contribution in [0.25, 0.3) is 11.0 Å². The Labute approximate surface area is 141 Å². The fraction of sp³-hybridized carbons (Fsp3) is 0.429. The quantitative estimate of drug-likeness (QED) is 0.836. The Balaban J connectivity index is 0.00000220. The Bertz CT molecular complexity index is 618. The first-order valence-electron chi connectivity index (χ1n) is 6.70. The van der Waals surface area contributed by atoms with Crippen LogP contribution in [0, 0.1) is 5.82 Å². The van der Waals surface area contributed by atoms with Gasteiger partial charge in [0, 0.05) is 26.4 Å². The maximum absolute atomic E-state index is 13.6. The molecule has 0 atom stereocenters. The topological polar surface area (TPSA) is 72.9 Å². The van der Waals surface area contributed by atoms with Gasteiger partial charge >= 0.3 is 0 Å². The fourth-order valence-corrected chi connectivity index (χ4v) is 2.12. The highest BCUT2D eigenvalue weighted by Crippen LogP contribution is 2.17. The van der Waals surface area contributed by atoms with Gasteiger partial charge in [-0.3, -0.25) is 4.79 Å². The summed E-state index contributed by atoms with van der Waals surface area (Å²) < 4.78 is 15.5. The lowest BCUT2D eigenvalue weighted by Gasteiger charge is -2.05. The molecule has 0 radical (unpaired) electrons. The van der Waals surface area contributed by atoms with Crippen LogP contribution in [0.2, 0.25) is 0 Å². The predicted molar refractivity (Wildman–Crippen MR) is 90.2 cm³/mol. The molecule has 0 spiro atoms. The van der Waals surface area contributed by atoms with Crippen molar-refractivity contribution in [1.82, 2.24) is 14.9 Å². The van der Waals surface area contributed by atoms with Crippen LogP contribution in [0.3, 0.4) is 0 Å². The molecule has 22 heavy (non-hydrogen) atoms. The van der Waals surface area contributed by atoms with Gasteiger partial charge in [0.2, 0.25) is 5.91 Å². The van der Waals surface area contributed by atoms with E-state index in [1.807, 2.05) is 17.7 Å². The first-order chi connectivity index (χ1) is 9.63. The summed E-state index contributed by atoms with van der Waals surface area (Å²) in [6, 6.07) is 4.89. The number of nitrogens with two attached hydrogens (primary N) is 1. The Kier molecular flexibility index (Phi) is 9.01. The van der Waals surface area contributed by atoms with Crippen molar-refractivity contribution in [3.63, 3.8) is 0 Å². The van der Waals surface area contributed by atoms with Crippen LogP contribution in [0.15, 0.2) is 18.2 Å². The lowest BCUT2D eigenvalue weighted by Crippen LogP contribution is -2.26. The molecule has 2 aromatic rings. The smallest absolute Gasteiger partial charge is 0.220 e. The van der Waals surface area contributed by atoms with Gasteiger partial charge in [-0.25, -0.2) is 9.37 Å². The second-order valence-corrected chi connectivity index (χ2v) is 4.69. The minimum absolute atomic E-state index is 0. The number of hydrogen-bond donors (Lipinski definition) is 2. The van der Waals surface area contributed by atoms with Crippen LogP contribution >= 0.6 is 24.8 Å². The number of carbonyl (C=O) groups is 1. The van der Waals surface area contributed by atoms with Crippen LogP contribution in [0.4, 0.5) is 4.39 Å². The molecule has 3 N–H and O–H groups in total. The fourth-order valence-electron chi connectivity index (χ4n) is 2.12. The van der Waals surface area contributed by atoms with Crippen molar-refractivity contribution in [2.75, 3.05) is 13.1 Å². The van der Waals surface area contributed by atoms with Gasteiger partial charge in [-0.1, -0.05) is 6.07 Å². The van der Waals surface area contributed by atoms with Crippen molar-refractivity contribution in [1.29, 1.82) is 0 Å². The van der Waals surface area contributed by atoms with E-state index in [-0.39, 0.29) is 36.5 Å². The number of para-hydroxylation sites is 1. The first-order valence-corrected chi connectivity index (χ1v) is 6.70. The molecular formula is C14H21Cl2FN4O. The van der Waals surface area contributed by atoms with E-state index < -0.39 is 0 Å². The van der Waals surface area contributed by atoms with Crippen molar-refractivity contribution in [2.45, 2.75) is 19.3 Å². The third-order valence-corrected chi connectivity index (χ3v) is 3.23. The van der Waals surface area contributed by atoms with E-state index in [2.05, 4.69) is 10.3 Å². The van der Waals surface area contributed by atoms with Gasteiger partial charge in [-0.2, -0.15) is 0 Å². The number of carbonyl (C=O) groups excluding carboxylic acids is 1.